The van der Waals surface area contributed by atoms with Crippen LogP contribution in [0, 0.1) is 0 Å². The number of benzene rings is 1. The first-order chi connectivity index (χ1) is 10.7. The Morgan fingerprint density at radius 3 is 2.95 bits per heavy atom. The molecule has 2 saturated heterocycles. The molecule has 0 unspecified atom stereocenters. The number of piperidine rings is 1. The van der Waals surface area contributed by atoms with Crippen molar-refractivity contribution in [2.45, 2.75) is 25.0 Å². The molecule has 2 heterocycles. The molecule has 0 radical (unpaired) electrons. The molecule has 0 aromatic heterocycles. The largest absolute Gasteiger partial charge is 0.376 e. The fourth-order valence-electron chi connectivity index (χ4n) is 2.96. The molecule has 2 atom stereocenters. The molecule has 0 spiro atoms. The minimum absolute atomic E-state index is 0.0780. The van der Waals surface area contributed by atoms with Gasteiger partial charge in [-0.05, 0) is 25.0 Å². The smallest absolute Gasteiger partial charge is 0.251 e. The van der Waals surface area contributed by atoms with E-state index >= 15 is 0 Å². The van der Waals surface area contributed by atoms with E-state index in [1.165, 1.54) is 0 Å². The van der Waals surface area contributed by atoms with E-state index in [9.17, 15) is 4.79 Å². The van der Waals surface area contributed by atoms with Gasteiger partial charge in [-0.2, -0.15) is 0 Å². The molecule has 0 saturated carbocycles. The van der Waals surface area contributed by atoms with E-state index < -0.39 is 6.10 Å². The van der Waals surface area contributed by atoms with Crippen molar-refractivity contribution in [3.8, 4) is 0 Å². The predicted molar refractivity (Wildman–Crippen MR) is 85.4 cm³/mol. The minimum atomic E-state index is -0.482. The van der Waals surface area contributed by atoms with Gasteiger partial charge in [-0.1, -0.05) is 23.7 Å². The number of hydrogen-bond acceptors (Lipinski definition) is 4. The summed E-state index contributed by atoms with van der Waals surface area (Å²) in [6.45, 7) is 3.11. The maximum absolute atomic E-state index is 12.2. The lowest BCUT2D eigenvalue weighted by Gasteiger charge is -2.36. The summed E-state index contributed by atoms with van der Waals surface area (Å²) in [6, 6.07) is 7.94. The third-order valence-electron chi connectivity index (χ3n) is 4.07. The lowest BCUT2D eigenvalue weighted by atomic mass is 10.0. The SMILES string of the molecule is O=C(N[C@H]1CCCN(c2ccccc2Cl)C1)[C@@H]1COCCO1. The number of carbonyl (C=O) groups is 1. The zero-order valence-corrected chi connectivity index (χ0v) is 13.2. The molecule has 6 heteroatoms. The Morgan fingerprint density at radius 2 is 2.18 bits per heavy atom. The Balaban J connectivity index is 1.58. The number of nitrogens with one attached hydrogen (secondary N) is 1. The molecule has 22 heavy (non-hydrogen) atoms. The first-order valence-electron chi connectivity index (χ1n) is 7.73. The Morgan fingerprint density at radius 1 is 1.32 bits per heavy atom. The van der Waals surface area contributed by atoms with Gasteiger partial charge >= 0.3 is 0 Å². The van der Waals surface area contributed by atoms with Crippen LogP contribution in [0.5, 0.6) is 0 Å². The van der Waals surface area contributed by atoms with Gasteiger partial charge in [0.2, 0.25) is 0 Å². The highest BCUT2D eigenvalue weighted by molar-refractivity contribution is 6.33. The quantitative estimate of drug-likeness (QED) is 0.922. The topological polar surface area (TPSA) is 50.8 Å². The summed E-state index contributed by atoms with van der Waals surface area (Å²) in [5.41, 5.74) is 1.03. The van der Waals surface area contributed by atoms with Gasteiger partial charge in [-0.15, -0.1) is 0 Å². The third kappa shape index (κ3) is 3.72. The lowest BCUT2D eigenvalue weighted by molar-refractivity contribution is -0.148. The van der Waals surface area contributed by atoms with E-state index in [1.54, 1.807) is 0 Å². The second kappa shape index (κ2) is 7.31. The average molecular weight is 325 g/mol. The van der Waals surface area contributed by atoms with Crippen molar-refractivity contribution in [2.24, 2.45) is 0 Å². The molecular weight excluding hydrogens is 304 g/mol. The van der Waals surface area contributed by atoms with Crippen LogP contribution in [0.4, 0.5) is 5.69 Å². The van der Waals surface area contributed by atoms with E-state index in [-0.39, 0.29) is 11.9 Å². The number of carbonyl (C=O) groups excluding carboxylic acids is 1. The lowest BCUT2D eigenvalue weighted by Crippen LogP contribution is -2.52. The van der Waals surface area contributed by atoms with Crippen LogP contribution in [0.25, 0.3) is 0 Å². The highest BCUT2D eigenvalue weighted by Gasteiger charge is 2.27. The van der Waals surface area contributed by atoms with Gasteiger partial charge in [0, 0.05) is 19.1 Å². The van der Waals surface area contributed by atoms with Gasteiger partial charge in [-0.3, -0.25) is 4.79 Å². The van der Waals surface area contributed by atoms with Crippen LogP contribution >= 0.6 is 11.6 Å². The van der Waals surface area contributed by atoms with Crippen molar-refractivity contribution in [3.05, 3.63) is 29.3 Å². The van der Waals surface area contributed by atoms with Gasteiger partial charge in [0.05, 0.1) is 30.5 Å². The first kappa shape index (κ1) is 15.6. The van der Waals surface area contributed by atoms with Crippen LogP contribution in [0.15, 0.2) is 24.3 Å². The minimum Gasteiger partial charge on any atom is -0.376 e. The molecule has 120 valence electrons. The Kier molecular flexibility index (Phi) is 5.18. The number of para-hydroxylation sites is 1. The van der Waals surface area contributed by atoms with E-state index in [2.05, 4.69) is 10.2 Å². The summed E-state index contributed by atoms with van der Waals surface area (Å²) in [6.07, 6.45) is 1.52. The van der Waals surface area contributed by atoms with Gasteiger partial charge < -0.3 is 19.7 Å². The molecule has 0 bridgehead atoms. The van der Waals surface area contributed by atoms with Crippen LogP contribution in [0.2, 0.25) is 5.02 Å². The summed E-state index contributed by atoms with van der Waals surface area (Å²) in [5.74, 6) is -0.0780. The molecule has 2 aliphatic heterocycles. The maximum atomic E-state index is 12.2. The molecule has 1 N–H and O–H groups in total. The molecule has 5 nitrogen and oxygen atoms in total. The molecule has 1 aromatic rings. The Bertz CT molecular complexity index is 520. The van der Waals surface area contributed by atoms with E-state index in [1.807, 2.05) is 24.3 Å². The Hall–Kier alpha value is -1.30. The standard InChI is InChI=1S/C16H21ClN2O3/c17-13-5-1-2-6-14(13)19-7-3-4-12(10-19)18-16(20)15-11-21-8-9-22-15/h1-2,5-6,12,15H,3-4,7-11H2,(H,18,20)/t12-,15-/m0/s1. The predicted octanol–water partition coefficient (Wildman–Crippen LogP) is 1.84. The van der Waals surface area contributed by atoms with E-state index in [4.69, 9.17) is 21.1 Å². The van der Waals surface area contributed by atoms with Gasteiger partial charge in [-0.25, -0.2) is 0 Å². The zero-order valence-electron chi connectivity index (χ0n) is 12.5. The summed E-state index contributed by atoms with van der Waals surface area (Å²) in [4.78, 5) is 14.4. The highest BCUT2D eigenvalue weighted by atomic mass is 35.5. The number of amides is 1. The molecule has 1 amide bonds. The van der Waals surface area contributed by atoms with Crippen LogP contribution in [0.1, 0.15) is 12.8 Å². The average Bonchev–Trinajstić information content (AvgIpc) is 2.56. The number of nitrogens with zero attached hydrogens (tertiary/aromatic N) is 1. The Labute approximate surface area is 135 Å². The second-order valence-electron chi connectivity index (χ2n) is 5.68. The van der Waals surface area contributed by atoms with Crippen molar-refractivity contribution in [3.63, 3.8) is 0 Å². The molecule has 2 aliphatic rings. The van der Waals surface area contributed by atoms with Crippen LogP contribution < -0.4 is 10.2 Å². The van der Waals surface area contributed by atoms with Crippen molar-refractivity contribution < 1.29 is 14.3 Å². The van der Waals surface area contributed by atoms with Crippen LogP contribution in [-0.2, 0) is 14.3 Å². The van der Waals surface area contributed by atoms with Crippen LogP contribution in [0.3, 0.4) is 0 Å². The fourth-order valence-corrected chi connectivity index (χ4v) is 3.21. The number of anilines is 1. The van der Waals surface area contributed by atoms with Gasteiger partial charge in [0.15, 0.2) is 6.10 Å². The number of hydrogen-bond donors (Lipinski definition) is 1. The summed E-state index contributed by atoms with van der Waals surface area (Å²) < 4.78 is 10.7. The highest BCUT2D eigenvalue weighted by Crippen LogP contribution is 2.27. The number of ether oxygens (including phenoxy) is 2. The normalized spacial score (nSPS) is 25.8. The monoisotopic (exact) mass is 324 g/mol. The van der Waals surface area contributed by atoms with Gasteiger partial charge in [0.25, 0.3) is 5.91 Å². The van der Waals surface area contributed by atoms with Crippen molar-refractivity contribution in [1.29, 1.82) is 0 Å². The molecular formula is C16H21ClN2O3. The van der Waals surface area contributed by atoms with Crippen molar-refractivity contribution in [1.82, 2.24) is 5.32 Å². The summed E-state index contributed by atoms with van der Waals surface area (Å²) >= 11 is 6.27. The summed E-state index contributed by atoms with van der Waals surface area (Å²) in [5, 5.41) is 3.83. The second-order valence-corrected chi connectivity index (χ2v) is 6.09. The van der Waals surface area contributed by atoms with Crippen LogP contribution in [-0.4, -0.2) is 51.0 Å². The number of rotatable bonds is 3. The maximum Gasteiger partial charge on any atom is 0.251 e. The number of halogens is 1. The molecule has 0 aliphatic carbocycles. The van der Waals surface area contributed by atoms with Crippen molar-refractivity contribution in [2.75, 3.05) is 37.8 Å². The third-order valence-corrected chi connectivity index (χ3v) is 4.39. The zero-order chi connectivity index (χ0) is 15.4. The van der Waals surface area contributed by atoms with E-state index in [0.717, 1.165) is 36.6 Å². The first-order valence-corrected chi connectivity index (χ1v) is 8.11. The summed E-state index contributed by atoms with van der Waals surface area (Å²) in [7, 11) is 0. The van der Waals surface area contributed by atoms with Gasteiger partial charge in [0.1, 0.15) is 0 Å². The van der Waals surface area contributed by atoms with Crippen molar-refractivity contribution >= 4 is 23.2 Å². The fraction of sp³-hybridized carbons (Fsp3) is 0.562. The van der Waals surface area contributed by atoms with E-state index in [0.29, 0.717) is 19.8 Å². The molecule has 1 aromatic carbocycles. The molecule has 2 fully saturated rings. The molecule has 3 rings (SSSR count).